The number of hydrogen-bond acceptors (Lipinski definition) is 5. The summed E-state index contributed by atoms with van der Waals surface area (Å²) >= 11 is 0. The summed E-state index contributed by atoms with van der Waals surface area (Å²) in [6.45, 7) is 0.377. The monoisotopic (exact) mass is 287 g/mol. The molecule has 0 aliphatic rings. The average molecular weight is 287 g/mol. The fraction of sp³-hybridized carbons (Fsp3) is 0.250. The number of carbonyl (C=O) groups excluding carboxylic acids is 1. The van der Waals surface area contributed by atoms with Crippen molar-refractivity contribution < 1.29 is 19.0 Å². The third-order valence-electron chi connectivity index (χ3n) is 2.90. The van der Waals surface area contributed by atoms with Gasteiger partial charge in [-0.25, -0.2) is 0 Å². The molecule has 0 spiro atoms. The van der Waals surface area contributed by atoms with E-state index in [-0.39, 0.29) is 0 Å². The summed E-state index contributed by atoms with van der Waals surface area (Å²) < 4.78 is 15.9. The molecule has 0 aliphatic heterocycles. The van der Waals surface area contributed by atoms with Crippen LogP contribution in [0.15, 0.2) is 36.4 Å². The van der Waals surface area contributed by atoms with E-state index in [1.165, 1.54) is 0 Å². The molecule has 0 fully saturated rings. The molecule has 5 nitrogen and oxygen atoms in total. The van der Waals surface area contributed by atoms with Crippen molar-refractivity contribution in [2.24, 2.45) is 0 Å². The zero-order valence-electron chi connectivity index (χ0n) is 12.0. The van der Waals surface area contributed by atoms with Gasteiger partial charge in [-0.2, -0.15) is 4.98 Å². The highest BCUT2D eigenvalue weighted by molar-refractivity contribution is 5.55. The van der Waals surface area contributed by atoms with Gasteiger partial charge in [-0.3, -0.25) is 0 Å². The van der Waals surface area contributed by atoms with Gasteiger partial charge < -0.3 is 19.0 Å². The molecule has 0 bridgehead atoms. The SMILES string of the molecule is COc1cc(COc2ccc(CC=O)cc2)cc(OC)n1. The second-order valence-electron chi connectivity index (χ2n) is 4.36. The van der Waals surface area contributed by atoms with Gasteiger partial charge in [-0.1, -0.05) is 12.1 Å². The highest BCUT2D eigenvalue weighted by atomic mass is 16.5. The molecule has 0 saturated heterocycles. The third-order valence-corrected chi connectivity index (χ3v) is 2.90. The first kappa shape index (κ1) is 14.8. The van der Waals surface area contributed by atoms with Gasteiger partial charge in [0.2, 0.25) is 11.8 Å². The Balaban J connectivity index is 2.03. The van der Waals surface area contributed by atoms with Gasteiger partial charge in [-0.05, 0) is 23.3 Å². The van der Waals surface area contributed by atoms with Gasteiger partial charge in [0.25, 0.3) is 0 Å². The summed E-state index contributed by atoms with van der Waals surface area (Å²) in [6.07, 6.45) is 1.30. The quantitative estimate of drug-likeness (QED) is 0.732. The third kappa shape index (κ3) is 4.21. The van der Waals surface area contributed by atoms with Gasteiger partial charge in [-0.15, -0.1) is 0 Å². The number of hydrogen-bond donors (Lipinski definition) is 0. The first-order chi connectivity index (χ1) is 10.2. The molecule has 1 aromatic carbocycles. The maximum atomic E-state index is 10.4. The average Bonchev–Trinajstić information content (AvgIpc) is 2.54. The summed E-state index contributed by atoms with van der Waals surface area (Å²) in [4.78, 5) is 14.6. The lowest BCUT2D eigenvalue weighted by molar-refractivity contribution is -0.107. The number of aldehydes is 1. The maximum absolute atomic E-state index is 10.4. The summed E-state index contributed by atoms with van der Waals surface area (Å²) in [5.41, 5.74) is 1.86. The van der Waals surface area contributed by atoms with Crippen molar-refractivity contribution in [3.05, 3.63) is 47.5 Å². The number of nitrogens with zero attached hydrogens (tertiary/aromatic N) is 1. The molecular formula is C16H17NO4. The lowest BCUT2D eigenvalue weighted by Gasteiger charge is -2.09. The van der Waals surface area contributed by atoms with E-state index in [1.807, 2.05) is 24.3 Å². The van der Waals surface area contributed by atoms with Gasteiger partial charge in [0, 0.05) is 18.6 Å². The topological polar surface area (TPSA) is 57.7 Å². The van der Waals surface area contributed by atoms with E-state index in [4.69, 9.17) is 14.2 Å². The number of aromatic nitrogens is 1. The standard InChI is InChI=1S/C16H17NO4/c1-19-15-9-13(10-16(17-15)20-2)11-21-14-5-3-12(4-6-14)7-8-18/h3-6,8-10H,7,11H2,1-2H3. The summed E-state index contributed by atoms with van der Waals surface area (Å²) in [6, 6.07) is 11.0. The predicted molar refractivity (Wildman–Crippen MR) is 77.9 cm³/mol. The van der Waals surface area contributed by atoms with Crippen molar-refractivity contribution in [1.82, 2.24) is 4.98 Å². The molecule has 1 aromatic heterocycles. The Morgan fingerprint density at radius 1 is 1.00 bits per heavy atom. The van der Waals surface area contributed by atoms with Crippen LogP contribution in [0.2, 0.25) is 0 Å². The first-order valence-corrected chi connectivity index (χ1v) is 6.49. The van der Waals surface area contributed by atoms with Crippen molar-refractivity contribution in [2.75, 3.05) is 14.2 Å². The van der Waals surface area contributed by atoms with Crippen LogP contribution < -0.4 is 14.2 Å². The molecule has 0 atom stereocenters. The van der Waals surface area contributed by atoms with E-state index >= 15 is 0 Å². The molecule has 0 amide bonds. The Hall–Kier alpha value is -2.56. The first-order valence-electron chi connectivity index (χ1n) is 6.49. The molecular weight excluding hydrogens is 270 g/mol. The molecule has 2 aromatic rings. The van der Waals surface area contributed by atoms with Crippen LogP contribution in [-0.2, 0) is 17.8 Å². The van der Waals surface area contributed by atoms with Crippen LogP contribution in [0.4, 0.5) is 0 Å². The molecule has 0 aliphatic carbocycles. The normalized spacial score (nSPS) is 10.0. The molecule has 0 radical (unpaired) electrons. The van der Waals surface area contributed by atoms with Crippen molar-refractivity contribution in [2.45, 2.75) is 13.0 Å². The van der Waals surface area contributed by atoms with Crippen LogP contribution in [0.5, 0.6) is 17.5 Å². The molecule has 0 N–H and O–H groups in total. The molecule has 21 heavy (non-hydrogen) atoms. The summed E-state index contributed by atoms with van der Waals surface area (Å²) in [5.74, 6) is 1.70. The Morgan fingerprint density at radius 3 is 2.14 bits per heavy atom. The smallest absolute Gasteiger partial charge is 0.216 e. The van der Waals surface area contributed by atoms with Crippen molar-refractivity contribution in [3.63, 3.8) is 0 Å². The zero-order chi connectivity index (χ0) is 15.1. The van der Waals surface area contributed by atoms with Gasteiger partial charge in [0.15, 0.2) is 0 Å². The van der Waals surface area contributed by atoms with Crippen LogP contribution >= 0.6 is 0 Å². The molecule has 110 valence electrons. The summed E-state index contributed by atoms with van der Waals surface area (Å²) in [5, 5.41) is 0. The van der Waals surface area contributed by atoms with Crippen molar-refractivity contribution >= 4 is 6.29 Å². The largest absolute Gasteiger partial charge is 0.489 e. The van der Waals surface area contributed by atoms with E-state index in [0.29, 0.717) is 24.8 Å². The highest BCUT2D eigenvalue weighted by Gasteiger charge is 2.04. The highest BCUT2D eigenvalue weighted by Crippen LogP contribution is 2.20. The number of carbonyl (C=O) groups is 1. The molecule has 0 unspecified atom stereocenters. The van der Waals surface area contributed by atoms with Crippen molar-refractivity contribution in [3.8, 4) is 17.5 Å². The number of methoxy groups -OCH3 is 2. The lowest BCUT2D eigenvalue weighted by atomic mass is 10.2. The van der Waals surface area contributed by atoms with Crippen LogP contribution in [0.3, 0.4) is 0 Å². The van der Waals surface area contributed by atoms with E-state index in [0.717, 1.165) is 23.2 Å². The number of rotatable bonds is 7. The predicted octanol–water partition coefficient (Wildman–Crippen LogP) is 2.42. The minimum Gasteiger partial charge on any atom is -0.489 e. The van der Waals surface area contributed by atoms with Crippen molar-refractivity contribution in [1.29, 1.82) is 0 Å². The fourth-order valence-electron chi connectivity index (χ4n) is 1.81. The molecule has 1 heterocycles. The van der Waals surface area contributed by atoms with Gasteiger partial charge >= 0.3 is 0 Å². The van der Waals surface area contributed by atoms with Crippen LogP contribution in [0.25, 0.3) is 0 Å². The second kappa shape index (κ2) is 7.28. The molecule has 5 heteroatoms. The van der Waals surface area contributed by atoms with Gasteiger partial charge in [0.1, 0.15) is 18.6 Å². The van der Waals surface area contributed by atoms with Crippen LogP contribution in [0, 0.1) is 0 Å². The van der Waals surface area contributed by atoms with E-state index < -0.39 is 0 Å². The Labute approximate surface area is 123 Å². The zero-order valence-corrected chi connectivity index (χ0v) is 12.0. The summed E-state index contributed by atoms with van der Waals surface area (Å²) in [7, 11) is 3.11. The molecule has 0 saturated carbocycles. The van der Waals surface area contributed by atoms with E-state index in [9.17, 15) is 4.79 Å². The van der Waals surface area contributed by atoms with Crippen LogP contribution in [-0.4, -0.2) is 25.5 Å². The number of ether oxygens (including phenoxy) is 3. The molecule has 2 rings (SSSR count). The minimum absolute atomic E-state index is 0.377. The van der Waals surface area contributed by atoms with Gasteiger partial charge in [0.05, 0.1) is 14.2 Å². The minimum atomic E-state index is 0.377. The number of benzene rings is 1. The fourth-order valence-corrected chi connectivity index (χ4v) is 1.81. The second-order valence-corrected chi connectivity index (χ2v) is 4.36. The Kier molecular flexibility index (Phi) is 5.15. The van der Waals surface area contributed by atoms with E-state index in [2.05, 4.69) is 4.98 Å². The van der Waals surface area contributed by atoms with Crippen LogP contribution in [0.1, 0.15) is 11.1 Å². The Bertz CT molecular complexity index is 573. The maximum Gasteiger partial charge on any atom is 0.216 e. The van der Waals surface area contributed by atoms with E-state index in [1.54, 1.807) is 26.4 Å². The Morgan fingerprint density at radius 2 is 1.62 bits per heavy atom. The number of pyridine rings is 1. The lowest BCUT2D eigenvalue weighted by Crippen LogP contribution is -1.99.